The molecule has 6 rings (SSSR count). The summed E-state index contributed by atoms with van der Waals surface area (Å²) in [6, 6.07) is 8.09. The summed E-state index contributed by atoms with van der Waals surface area (Å²) in [5, 5.41) is 34.6. The number of hydrogen-bond acceptors (Lipinski definition) is 9. The summed E-state index contributed by atoms with van der Waals surface area (Å²) in [5.74, 6) is -4.71. The Morgan fingerprint density at radius 1 is 1.15 bits per heavy atom. The van der Waals surface area contributed by atoms with E-state index in [2.05, 4.69) is 17.4 Å². The molecule has 0 aliphatic heterocycles. The first-order chi connectivity index (χ1) is 22.7. The van der Waals surface area contributed by atoms with Crippen molar-refractivity contribution < 1.29 is 42.4 Å². The van der Waals surface area contributed by atoms with E-state index >= 15 is 0 Å². The number of phenols is 1. The molecular weight excluding hydrogens is 629 g/mol. The second-order valence-corrected chi connectivity index (χ2v) is 13.3. The van der Waals surface area contributed by atoms with E-state index in [-0.39, 0.29) is 47.8 Å². The number of aliphatic hydroxyl groups is 1. The maximum Gasteiger partial charge on any atom is 0.417 e. The fourth-order valence-corrected chi connectivity index (χ4v) is 8.70. The Bertz CT molecular complexity index is 1760. The summed E-state index contributed by atoms with van der Waals surface area (Å²) in [7, 11) is 5.76. The molecule has 4 atom stereocenters. The molecule has 0 aromatic heterocycles. The van der Waals surface area contributed by atoms with E-state index in [4.69, 9.17) is 20.6 Å². The minimum Gasteiger partial charge on any atom is -0.510 e. The van der Waals surface area contributed by atoms with E-state index in [0.717, 1.165) is 18.9 Å². The highest BCUT2D eigenvalue weighted by Gasteiger charge is 2.63. The highest BCUT2D eigenvalue weighted by Crippen LogP contribution is 2.55. The van der Waals surface area contributed by atoms with Crippen LogP contribution in [0.4, 0.5) is 13.2 Å². The van der Waals surface area contributed by atoms with Crippen molar-refractivity contribution in [1.82, 2.24) is 10.2 Å². The molecule has 0 bridgehead atoms. The Morgan fingerprint density at radius 3 is 2.33 bits per heavy atom. The third-order valence-corrected chi connectivity index (χ3v) is 10.5. The molecule has 4 aliphatic rings. The fourth-order valence-electron chi connectivity index (χ4n) is 8.70. The van der Waals surface area contributed by atoms with Crippen molar-refractivity contribution in [3.63, 3.8) is 0 Å². The molecule has 1 amide bonds. The Hall–Kier alpha value is -4.20. The lowest BCUT2D eigenvalue weighted by molar-refractivity contribution is -0.139. The number of alkyl halides is 3. The smallest absolute Gasteiger partial charge is 0.417 e. The zero-order valence-corrected chi connectivity index (χ0v) is 27.1. The number of fused-ring (bicyclic) bond motifs is 4. The number of hydrogen-bond donors (Lipinski definition) is 5. The van der Waals surface area contributed by atoms with E-state index in [1.165, 1.54) is 25.3 Å². The van der Waals surface area contributed by atoms with Gasteiger partial charge < -0.3 is 36.1 Å². The van der Waals surface area contributed by atoms with Gasteiger partial charge in [0.15, 0.2) is 11.4 Å². The van der Waals surface area contributed by atoms with Crippen LogP contribution in [0, 0.1) is 23.2 Å². The second kappa shape index (κ2) is 12.0. The first-order valence-electron chi connectivity index (χ1n) is 15.8. The van der Waals surface area contributed by atoms with Gasteiger partial charge in [-0.15, -0.1) is 0 Å². The van der Waals surface area contributed by atoms with Crippen molar-refractivity contribution >= 4 is 17.4 Å². The van der Waals surface area contributed by atoms with Crippen LogP contribution in [0.5, 0.6) is 5.75 Å². The highest BCUT2D eigenvalue weighted by atomic mass is 19.4. The lowest BCUT2D eigenvalue weighted by atomic mass is 9.58. The van der Waals surface area contributed by atoms with Crippen LogP contribution in [0.15, 0.2) is 53.0 Å². The number of aliphatic hydroxyl groups excluding tert-OH is 1. The van der Waals surface area contributed by atoms with Gasteiger partial charge in [-0.3, -0.25) is 14.5 Å². The van der Waals surface area contributed by atoms with Crippen molar-refractivity contribution in [3.8, 4) is 5.75 Å². The van der Waals surface area contributed by atoms with Gasteiger partial charge in [-0.2, -0.15) is 13.2 Å². The van der Waals surface area contributed by atoms with Crippen LogP contribution in [0.3, 0.4) is 0 Å². The molecule has 2 aromatic carbocycles. The van der Waals surface area contributed by atoms with Gasteiger partial charge in [0.25, 0.3) is 5.91 Å². The molecule has 0 spiro atoms. The standard InChI is InChI=1S/C35H39F3N4O6/c1-42(2)28-22-12-19-11-21-25(29(44)24(19)32(47-3)34(22,48-4)31(39)26(30(28)45)33(40)46)23(43)13-20(27(21)35(36,37)38)15-41-14-16-9-17-7-5-6-8-18(17)10-16/h5-8,13,16,19,22,28,39,41,43,45H,9-12,14-15H2,1-4H3,(H2,40,46)/t19-,22-,28-,34+/m0/s1. The van der Waals surface area contributed by atoms with Crippen LogP contribution in [-0.4, -0.2) is 79.0 Å². The van der Waals surface area contributed by atoms with Crippen molar-refractivity contribution in [2.45, 2.75) is 50.0 Å². The molecule has 13 heteroatoms. The van der Waals surface area contributed by atoms with Gasteiger partial charge in [-0.1, -0.05) is 24.3 Å². The molecule has 48 heavy (non-hydrogen) atoms. The number of nitrogens with zero attached hydrogens (tertiary/aromatic N) is 1. The van der Waals surface area contributed by atoms with E-state index < -0.39 is 75.3 Å². The van der Waals surface area contributed by atoms with Crippen molar-refractivity contribution in [2.75, 3.05) is 34.9 Å². The average Bonchev–Trinajstić information content (AvgIpc) is 3.42. The number of carbonyl (C=O) groups excluding carboxylic acids is 2. The van der Waals surface area contributed by atoms with Crippen molar-refractivity contribution in [3.05, 3.63) is 86.4 Å². The Balaban J connectivity index is 1.43. The molecule has 10 nitrogen and oxygen atoms in total. The van der Waals surface area contributed by atoms with Gasteiger partial charge >= 0.3 is 6.18 Å². The van der Waals surface area contributed by atoms with Gasteiger partial charge in [-0.25, -0.2) is 0 Å². The van der Waals surface area contributed by atoms with Crippen molar-refractivity contribution in [1.29, 1.82) is 5.41 Å². The summed E-state index contributed by atoms with van der Waals surface area (Å²) < 4.78 is 56.5. The first kappa shape index (κ1) is 33.7. The number of halogens is 3. The van der Waals surface area contributed by atoms with Crippen LogP contribution in [0.25, 0.3) is 0 Å². The number of likely N-dealkylation sites (N-methyl/N-ethyl adjacent to an activating group) is 1. The molecule has 6 N–H and O–H groups in total. The minimum absolute atomic E-state index is 0.00861. The lowest BCUT2D eigenvalue weighted by Crippen LogP contribution is -2.64. The predicted octanol–water partition coefficient (Wildman–Crippen LogP) is 3.84. The van der Waals surface area contributed by atoms with Crippen LogP contribution < -0.4 is 11.1 Å². The molecule has 0 radical (unpaired) electrons. The number of rotatable bonds is 8. The molecule has 0 heterocycles. The maximum absolute atomic E-state index is 14.9. The van der Waals surface area contributed by atoms with E-state index in [1.54, 1.807) is 19.0 Å². The Morgan fingerprint density at radius 2 is 1.79 bits per heavy atom. The summed E-state index contributed by atoms with van der Waals surface area (Å²) in [6.45, 7) is 0.301. The quantitative estimate of drug-likeness (QED) is 0.284. The highest BCUT2D eigenvalue weighted by molar-refractivity contribution is 6.26. The normalized spacial score (nSPS) is 25.6. The fraction of sp³-hybridized carbons (Fsp3) is 0.457. The minimum atomic E-state index is -4.84. The largest absolute Gasteiger partial charge is 0.510 e. The maximum atomic E-state index is 14.9. The van der Waals surface area contributed by atoms with E-state index in [9.17, 15) is 33.0 Å². The molecule has 2 aromatic rings. The zero-order valence-electron chi connectivity index (χ0n) is 27.1. The number of allylic oxidation sites excluding steroid dienone is 1. The topological polar surface area (TPSA) is 158 Å². The lowest BCUT2D eigenvalue weighted by Gasteiger charge is -2.53. The van der Waals surface area contributed by atoms with Gasteiger partial charge in [0, 0.05) is 25.1 Å². The van der Waals surface area contributed by atoms with Crippen LogP contribution >= 0.6 is 0 Å². The predicted molar refractivity (Wildman–Crippen MR) is 170 cm³/mol. The summed E-state index contributed by atoms with van der Waals surface area (Å²) in [4.78, 5) is 28.4. The van der Waals surface area contributed by atoms with Gasteiger partial charge in [0.1, 0.15) is 22.8 Å². The number of amides is 1. The number of methoxy groups -OCH3 is 2. The van der Waals surface area contributed by atoms with Crippen LogP contribution in [0.2, 0.25) is 0 Å². The summed E-state index contributed by atoms with van der Waals surface area (Å²) in [5.41, 5.74) is 3.18. The number of ketones is 1. The zero-order chi connectivity index (χ0) is 34.9. The SMILES string of the molecule is COC1=C2C(=O)c3c(O)cc(CNCC4Cc5ccccc5C4)c(C(F)(F)F)c3C[C@H]2C[C@H]2[C@H](N(C)C)C(O)=C(C(N)=O)C(=N)[C@@]12OC. The Kier molecular flexibility index (Phi) is 8.45. The molecule has 0 saturated heterocycles. The number of nitrogens with two attached hydrogens (primary N) is 1. The molecule has 0 unspecified atom stereocenters. The van der Waals surface area contributed by atoms with E-state index in [0.29, 0.717) is 6.54 Å². The molecule has 4 aliphatic carbocycles. The first-order valence-corrected chi connectivity index (χ1v) is 15.8. The van der Waals surface area contributed by atoms with Gasteiger partial charge in [0.05, 0.1) is 30.0 Å². The second-order valence-electron chi connectivity index (χ2n) is 13.3. The van der Waals surface area contributed by atoms with Crippen LogP contribution in [0.1, 0.15) is 44.6 Å². The number of Topliss-reactive ketones (excluding diaryl/α,β-unsaturated/α-hetero) is 1. The number of benzene rings is 2. The van der Waals surface area contributed by atoms with E-state index in [1.807, 2.05) is 12.1 Å². The number of ether oxygens (including phenoxy) is 2. The number of aromatic hydroxyl groups is 1. The number of nitrogens with one attached hydrogen (secondary N) is 2. The molecule has 0 fully saturated rings. The number of phenolic OH excluding ortho intramolecular Hbond substituents is 1. The third-order valence-electron chi connectivity index (χ3n) is 10.5. The van der Waals surface area contributed by atoms with Crippen molar-refractivity contribution in [2.24, 2.45) is 23.5 Å². The average molecular weight is 669 g/mol. The number of primary amides is 1. The van der Waals surface area contributed by atoms with Gasteiger partial charge in [0.2, 0.25) is 0 Å². The summed E-state index contributed by atoms with van der Waals surface area (Å²) in [6.07, 6.45) is -3.48. The van der Waals surface area contributed by atoms with Crippen LogP contribution in [-0.2, 0) is 46.3 Å². The van der Waals surface area contributed by atoms with Gasteiger partial charge in [-0.05, 0) is 86.5 Å². The molecular formula is C35H39F3N4O6. The third kappa shape index (κ3) is 5.01. The molecule has 0 saturated carbocycles. The summed E-state index contributed by atoms with van der Waals surface area (Å²) >= 11 is 0. The Labute approximate surface area is 275 Å². The number of carbonyl (C=O) groups is 2. The molecule has 256 valence electrons. The monoisotopic (exact) mass is 668 g/mol.